The molecule has 3 aromatic rings. The molecule has 1 amide bonds. The van der Waals surface area contributed by atoms with Crippen LogP contribution in [0.2, 0.25) is 0 Å². The number of hydrogen-bond acceptors (Lipinski definition) is 6. The van der Waals surface area contributed by atoms with Crippen LogP contribution in [-0.2, 0) is 0 Å². The van der Waals surface area contributed by atoms with E-state index in [1.54, 1.807) is 11.3 Å². The summed E-state index contributed by atoms with van der Waals surface area (Å²) in [5.41, 5.74) is 1.89. The molecule has 3 heterocycles. The Labute approximate surface area is 148 Å². The molecule has 2 aromatic heterocycles. The van der Waals surface area contributed by atoms with Crippen molar-refractivity contribution in [1.82, 2.24) is 14.9 Å². The Morgan fingerprint density at radius 2 is 1.79 bits per heavy atom. The largest absolute Gasteiger partial charge is 0.345 e. The zero-order chi connectivity index (χ0) is 16.7. The lowest BCUT2D eigenvalue weighted by molar-refractivity contribution is 0.0750. The SMILES string of the molecule is Cc1nc(C)c(C(=O)N2CCN(c3nc4ccccc4s3)CC2)s1. The number of carbonyl (C=O) groups is 1. The van der Waals surface area contributed by atoms with Gasteiger partial charge in [0.2, 0.25) is 0 Å². The van der Waals surface area contributed by atoms with Crippen LogP contribution in [0.5, 0.6) is 0 Å². The predicted molar refractivity (Wildman–Crippen MR) is 99.3 cm³/mol. The Hall–Kier alpha value is -1.99. The first kappa shape index (κ1) is 15.5. The van der Waals surface area contributed by atoms with Gasteiger partial charge in [-0.2, -0.15) is 0 Å². The molecule has 0 N–H and O–H groups in total. The van der Waals surface area contributed by atoms with E-state index >= 15 is 0 Å². The molecule has 7 heteroatoms. The highest BCUT2D eigenvalue weighted by atomic mass is 32.1. The molecule has 0 radical (unpaired) electrons. The van der Waals surface area contributed by atoms with E-state index in [4.69, 9.17) is 4.98 Å². The lowest BCUT2D eigenvalue weighted by Gasteiger charge is -2.34. The molecular formula is C17H18N4OS2. The van der Waals surface area contributed by atoms with Crippen LogP contribution in [0.25, 0.3) is 10.2 Å². The molecule has 0 atom stereocenters. The van der Waals surface area contributed by atoms with Gasteiger partial charge in [-0.05, 0) is 26.0 Å². The maximum Gasteiger partial charge on any atom is 0.265 e. The number of benzene rings is 1. The van der Waals surface area contributed by atoms with Gasteiger partial charge in [0, 0.05) is 26.2 Å². The van der Waals surface area contributed by atoms with Gasteiger partial charge in [-0.15, -0.1) is 11.3 Å². The number of anilines is 1. The first-order chi connectivity index (χ1) is 11.6. The highest BCUT2D eigenvalue weighted by Gasteiger charge is 2.26. The molecule has 1 fully saturated rings. The summed E-state index contributed by atoms with van der Waals surface area (Å²) in [4.78, 5) is 26.8. The lowest BCUT2D eigenvalue weighted by atomic mass is 10.3. The van der Waals surface area contributed by atoms with Crippen LogP contribution in [0.1, 0.15) is 20.4 Å². The number of nitrogens with zero attached hydrogens (tertiary/aromatic N) is 4. The average molecular weight is 358 g/mol. The van der Waals surface area contributed by atoms with Crippen molar-refractivity contribution in [3.8, 4) is 0 Å². The molecule has 0 aliphatic carbocycles. The Kier molecular flexibility index (Phi) is 3.97. The molecule has 1 saturated heterocycles. The van der Waals surface area contributed by atoms with Gasteiger partial charge >= 0.3 is 0 Å². The number of hydrogen-bond donors (Lipinski definition) is 0. The summed E-state index contributed by atoms with van der Waals surface area (Å²) in [6.45, 7) is 6.95. The molecule has 5 nitrogen and oxygen atoms in total. The van der Waals surface area contributed by atoms with E-state index in [0.717, 1.165) is 52.4 Å². The van der Waals surface area contributed by atoms with E-state index < -0.39 is 0 Å². The quantitative estimate of drug-likeness (QED) is 0.705. The van der Waals surface area contributed by atoms with Crippen LogP contribution in [-0.4, -0.2) is 47.0 Å². The fraction of sp³-hybridized carbons (Fsp3) is 0.353. The molecule has 124 valence electrons. The second-order valence-electron chi connectivity index (χ2n) is 5.89. The number of thiazole rings is 2. The Morgan fingerprint density at radius 3 is 2.46 bits per heavy atom. The first-order valence-electron chi connectivity index (χ1n) is 7.95. The average Bonchev–Trinajstić information content (AvgIpc) is 3.17. The maximum atomic E-state index is 12.7. The van der Waals surface area contributed by atoms with Crippen LogP contribution in [0.3, 0.4) is 0 Å². The standard InChI is InChI=1S/C17H18N4OS2/c1-11-15(23-12(2)18-11)16(22)20-7-9-21(10-8-20)17-19-13-5-3-4-6-14(13)24-17/h3-6H,7-10H2,1-2H3. The fourth-order valence-electron chi connectivity index (χ4n) is 2.97. The molecule has 0 spiro atoms. The number of rotatable bonds is 2. The highest BCUT2D eigenvalue weighted by Crippen LogP contribution is 2.29. The number of carbonyl (C=O) groups excluding carboxylic acids is 1. The molecular weight excluding hydrogens is 340 g/mol. The lowest BCUT2D eigenvalue weighted by Crippen LogP contribution is -2.48. The second kappa shape index (κ2) is 6.14. The molecule has 24 heavy (non-hydrogen) atoms. The van der Waals surface area contributed by atoms with Crippen LogP contribution in [0.4, 0.5) is 5.13 Å². The van der Waals surface area contributed by atoms with E-state index in [-0.39, 0.29) is 5.91 Å². The normalized spacial score (nSPS) is 15.2. The van der Waals surface area contributed by atoms with Crippen LogP contribution < -0.4 is 4.90 Å². The zero-order valence-electron chi connectivity index (χ0n) is 13.7. The van der Waals surface area contributed by atoms with Gasteiger partial charge in [0.05, 0.1) is 20.9 Å². The predicted octanol–water partition coefficient (Wildman–Crippen LogP) is 3.33. The van der Waals surface area contributed by atoms with E-state index in [0.29, 0.717) is 0 Å². The zero-order valence-corrected chi connectivity index (χ0v) is 15.3. The van der Waals surface area contributed by atoms with Crippen molar-refractivity contribution in [2.24, 2.45) is 0 Å². The minimum atomic E-state index is 0.113. The third-order valence-electron chi connectivity index (χ3n) is 4.22. The third-order valence-corrected chi connectivity index (χ3v) is 6.38. The van der Waals surface area contributed by atoms with Crippen LogP contribution >= 0.6 is 22.7 Å². The Bertz CT molecular complexity index is 860. The van der Waals surface area contributed by atoms with Gasteiger partial charge in [0.25, 0.3) is 5.91 Å². The number of aromatic nitrogens is 2. The van der Waals surface area contributed by atoms with Crippen molar-refractivity contribution in [2.45, 2.75) is 13.8 Å². The third kappa shape index (κ3) is 2.78. The molecule has 0 bridgehead atoms. The molecule has 1 aromatic carbocycles. The summed E-state index contributed by atoms with van der Waals surface area (Å²) in [5, 5.41) is 2.00. The number of aryl methyl sites for hydroxylation is 2. The van der Waals surface area contributed by atoms with Crippen molar-refractivity contribution in [3.63, 3.8) is 0 Å². The van der Waals surface area contributed by atoms with Crippen molar-refractivity contribution in [3.05, 3.63) is 39.8 Å². The van der Waals surface area contributed by atoms with Gasteiger partial charge in [-0.1, -0.05) is 23.5 Å². The summed E-state index contributed by atoms with van der Waals surface area (Å²) in [5.74, 6) is 0.113. The number of para-hydroxylation sites is 1. The summed E-state index contributed by atoms with van der Waals surface area (Å²) < 4.78 is 1.21. The fourth-order valence-corrected chi connectivity index (χ4v) is 4.87. The van der Waals surface area contributed by atoms with Gasteiger partial charge in [0.1, 0.15) is 4.88 Å². The second-order valence-corrected chi connectivity index (χ2v) is 8.10. The molecule has 1 aliphatic rings. The molecule has 0 saturated carbocycles. The first-order valence-corrected chi connectivity index (χ1v) is 9.59. The number of amides is 1. The minimum Gasteiger partial charge on any atom is -0.345 e. The summed E-state index contributed by atoms with van der Waals surface area (Å²) in [7, 11) is 0. The van der Waals surface area contributed by atoms with Crippen molar-refractivity contribution in [1.29, 1.82) is 0 Å². The monoisotopic (exact) mass is 358 g/mol. The number of piperazine rings is 1. The Balaban J connectivity index is 1.46. The minimum absolute atomic E-state index is 0.113. The van der Waals surface area contributed by atoms with Crippen LogP contribution in [0, 0.1) is 13.8 Å². The van der Waals surface area contributed by atoms with Crippen LogP contribution in [0.15, 0.2) is 24.3 Å². The number of fused-ring (bicyclic) bond motifs is 1. The summed E-state index contributed by atoms with van der Waals surface area (Å²) >= 11 is 3.21. The van der Waals surface area contributed by atoms with Crippen molar-refractivity contribution >= 4 is 43.9 Å². The van der Waals surface area contributed by atoms with Crippen molar-refractivity contribution in [2.75, 3.05) is 31.1 Å². The van der Waals surface area contributed by atoms with E-state index in [1.807, 2.05) is 36.9 Å². The van der Waals surface area contributed by atoms with Gasteiger partial charge in [-0.25, -0.2) is 9.97 Å². The molecule has 4 rings (SSSR count). The van der Waals surface area contributed by atoms with Crippen molar-refractivity contribution < 1.29 is 4.79 Å². The highest BCUT2D eigenvalue weighted by molar-refractivity contribution is 7.22. The van der Waals surface area contributed by atoms with E-state index in [1.165, 1.54) is 16.0 Å². The maximum absolute atomic E-state index is 12.7. The van der Waals surface area contributed by atoms with Gasteiger partial charge in [0.15, 0.2) is 5.13 Å². The summed E-state index contributed by atoms with van der Waals surface area (Å²) in [6, 6.07) is 8.21. The molecule has 0 unspecified atom stereocenters. The summed E-state index contributed by atoms with van der Waals surface area (Å²) in [6.07, 6.45) is 0. The topological polar surface area (TPSA) is 49.3 Å². The van der Waals surface area contributed by atoms with E-state index in [2.05, 4.69) is 16.0 Å². The molecule has 1 aliphatic heterocycles. The Morgan fingerprint density at radius 1 is 1.04 bits per heavy atom. The smallest absolute Gasteiger partial charge is 0.265 e. The van der Waals surface area contributed by atoms with E-state index in [9.17, 15) is 4.79 Å². The van der Waals surface area contributed by atoms with Gasteiger partial charge in [-0.3, -0.25) is 4.79 Å². The van der Waals surface area contributed by atoms with Gasteiger partial charge < -0.3 is 9.80 Å².